The number of ether oxygens (including phenoxy) is 2. The molecule has 0 N–H and O–H groups in total. The maximum Gasteiger partial charge on any atom is 0.387 e. The Hall–Kier alpha value is -1.68. The first-order valence-corrected chi connectivity index (χ1v) is 5.05. The lowest BCUT2D eigenvalue weighted by Gasteiger charge is -2.10. The zero-order chi connectivity index (χ0) is 13.0. The van der Waals surface area contributed by atoms with Crippen LogP contribution in [0.4, 0.5) is 8.78 Å². The van der Waals surface area contributed by atoms with Crippen LogP contribution in [0.15, 0.2) is 16.6 Å². The number of rotatable bonds is 3. The minimum Gasteiger partial charge on any atom is -0.465 e. The largest absolute Gasteiger partial charge is 0.465 e. The molecule has 0 unspecified atom stereocenters. The van der Waals surface area contributed by atoms with Crippen molar-refractivity contribution in [2.45, 2.75) is 6.61 Å². The summed E-state index contributed by atoms with van der Waals surface area (Å²) in [6.45, 7) is -3.07. The third-order valence-corrected chi connectivity index (χ3v) is 2.47. The molecule has 0 spiro atoms. The second kappa shape index (κ2) is 5.59. The molecule has 0 amide bonds. The number of hydrogen-bond donors (Lipinski definition) is 0. The van der Waals surface area contributed by atoms with Crippen LogP contribution in [0.3, 0.4) is 0 Å². The van der Waals surface area contributed by atoms with Gasteiger partial charge in [-0.25, -0.2) is 4.79 Å². The lowest BCUT2D eigenvalue weighted by atomic mass is 10.1. The second-order valence-electron chi connectivity index (χ2n) is 2.81. The summed E-state index contributed by atoms with van der Waals surface area (Å²) in [4.78, 5) is 11.3. The Labute approximate surface area is 104 Å². The van der Waals surface area contributed by atoms with E-state index in [1.165, 1.54) is 0 Å². The Morgan fingerprint density at radius 1 is 1.53 bits per heavy atom. The number of alkyl halides is 2. The molecule has 0 radical (unpaired) electrons. The van der Waals surface area contributed by atoms with Gasteiger partial charge in [-0.3, -0.25) is 0 Å². The molecule has 17 heavy (non-hydrogen) atoms. The molecule has 0 aliphatic heterocycles. The summed E-state index contributed by atoms with van der Waals surface area (Å²) in [5.74, 6) is -1.21. The van der Waals surface area contributed by atoms with Gasteiger partial charge in [0, 0.05) is 4.47 Å². The third-order valence-electron chi connectivity index (χ3n) is 1.81. The monoisotopic (exact) mass is 305 g/mol. The van der Waals surface area contributed by atoms with E-state index < -0.39 is 12.6 Å². The molecule has 0 saturated carbocycles. The Bertz CT molecular complexity index is 485. The molecule has 0 aliphatic carbocycles. The van der Waals surface area contributed by atoms with Crippen molar-refractivity contribution in [3.8, 4) is 11.8 Å². The van der Waals surface area contributed by atoms with E-state index in [-0.39, 0.29) is 21.3 Å². The minimum absolute atomic E-state index is 0.118. The third kappa shape index (κ3) is 3.14. The Kier molecular flexibility index (Phi) is 4.40. The smallest absolute Gasteiger partial charge is 0.387 e. The predicted octanol–water partition coefficient (Wildman–Crippen LogP) is 2.71. The molecule has 4 nitrogen and oxygen atoms in total. The summed E-state index contributed by atoms with van der Waals surface area (Å²) in [6.07, 6.45) is 0. The highest BCUT2D eigenvalue weighted by atomic mass is 79.9. The molecule has 1 aromatic rings. The lowest BCUT2D eigenvalue weighted by Crippen LogP contribution is -2.09. The summed E-state index contributed by atoms with van der Waals surface area (Å²) in [6, 6.07) is 4.04. The Morgan fingerprint density at radius 2 is 2.18 bits per heavy atom. The molecule has 90 valence electrons. The SMILES string of the molecule is COC(=O)c1cc(C#N)c(Br)cc1OC(F)F. The highest BCUT2D eigenvalue weighted by Gasteiger charge is 2.19. The average molecular weight is 306 g/mol. The van der Waals surface area contributed by atoms with Gasteiger partial charge in [0.2, 0.25) is 0 Å². The summed E-state index contributed by atoms with van der Waals surface area (Å²) in [7, 11) is 1.10. The summed E-state index contributed by atoms with van der Waals surface area (Å²) in [5, 5.41) is 8.75. The lowest BCUT2D eigenvalue weighted by molar-refractivity contribution is -0.0504. The molecular weight excluding hydrogens is 300 g/mol. The van der Waals surface area contributed by atoms with E-state index in [1.807, 2.05) is 0 Å². The van der Waals surface area contributed by atoms with E-state index in [0.29, 0.717) is 0 Å². The first-order chi connectivity index (χ1) is 7.99. The fourth-order valence-corrected chi connectivity index (χ4v) is 1.51. The van der Waals surface area contributed by atoms with Gasteiger partial charge in [-0.1, -0.05) is 0 Å². The predicted molar refractivity (Wildman–Crippen MR) is 56.8 cm³/mol. The summed E-state index contributed by atoms with van der Waals surface area (Å²) >= 11 is 3.00. The topological polar surface area (TPSA) is 59.3 Å². The highest BCUT2D eigenvalue weighted by Crippen LogP contribution is 2.29. The Balaban J connectivity index is 3.32. The van der Waals surface area contributed by atoms with Crippen molar-refractivity contribution < 1.29 is 23.0 Å². The zero-order valence-electron chi connectivity index (χ0n) is 8.54. The summed E-state index contributed by atoms with van der Waals surface area (Å²) in [5.41, 5.74) is -0.112. The molecule has 7 heteroatoms. The van der Waals surface area contributed by atoms with Crippen LogP contribution >= 0.6 is 15.9 Å². The van der Waals surface area contributed by atoms with Crippen LogP contribution in [0, 0.1) is 11.3 Å². The van der Waals surface area contributed by atoms with Crippen LogP contribution < -0.4 is 4.74 Å². The van der Waals surface area contributed by atoms with E-state index in [9.17, 15) is 13.6 Å². The molecule has 1 rings (SSSR count). The molecule has 0 saturated heterocycles. The molecule has 0 fully saturated rings. The van der Waals surface area contributed by atoms with E-state index in [2.05, 4.69) is 25.4 Å². The van der Waals surface area contributed by atoms with Gasteiger partial charge in [0.25, 0.3) is 0 Å². The molecule has 0 heterocycles. The van der Waals surface area contributed by atoms with Crippen LogP contribution in [0.1, 0.15) is 15.9 Å². The van der Waals surface area contributed by atoms with Crippen LogP contribution in [0.25, 0.3) is 0 Å². The van der Waals surface area contributed by atoms with Crippen molar-refractivity contribution >= 4 is 21.9 Å². The second-order valence-corrected chi connectivity index (χ2v) is 3.66. The fraction of sp³-hybridized carbons (Fsp3) is 0.200. The number of benzene rings is 1. The van der Waals surface area contributed by atoms with Gasteiger partial charge in [-0.05, 0) is 28.1 Å². The number of halogens is 3. The van der Waals surface area contributed by atoms with Crippen LogP contribution in [0.5, 0.6) is 5.75 Å². The number of methoxy groups -OCH3 is 1. The van der Waals surface area contributed by atoms with Crippen molar-refractivity contribution in [2.75, 3.05) is 7.11 Å². The number of esters is 1. The number of carbonyl (C=O) groups is 1. The minimum atomic E-state index is -3.07. The van der Waals surface area contributed by atoms with Gasteiger partial charge in [-0.2, -0.15) is 14.0 Å². The van der Waals surface area contributed by atoms with Crippen molar-refractivity contribution in [1.29, 1.82) is 5.26 Å². The average Bonchev–Trinajstić information content (AvgIpc) is 2.27. The molecule has 1 aromatic carbocycles. The van der Waals surface area contributed by atoms with E-state index >= 15 is 0 Å². The highest BCUT2D eigenvalue weighted by molar-refractivity contribution is 9.10. The van der Waals surface area contributed by atoms with E-state index in [4.69, 9.17) is 5.26 Å². The van der Waals surface area contributed by atoms with E-state index in [1.54, 1.807) is 6.07 Å². The summed E-state index contributed by atoms with van der Waals surface area (Å²) < 4.78 is 33.1. The van der Waals surface area contributed by atoms with Crippen molar-refractivity contribution in [1.82, 2.24) is 0 Å². The maximum atomic E-state index is 12.1. The Morgan fingerprint density at radius 3 is 2.65 bits per heavy atom. The molecule has 0 atom stereocenters. The molecule has 0 aliphatic rings. The standard InChI is InChI=1S/C10H6BrF2NO3/c1-16-9(15)6-2-5(4-14)7(11)3-8(6)17-10(12)13/h2-3,10H,1H3. The van der Waals surface area contributed by atoms with Crippen LogP contribution in [-0.4, -0.2) is 19.7 Å². The first-order valence-electron chi connectivity index (χ1n) is 4.26. The number of hydrogen-bond acceptors (Lipinski definition) is 4. The first kappa shape index (κ1) is 13.4. The van der Waals surface area contributed by atoms with Crippen LogP contribution in [0.2, 0.25) is 0 Å². The van der Waals surface area contributed by atoms with Gasteiger partial charge in [0.05, 0.1) is 12.7 Å². The normalized spacial score (nSPS) is 9.88. The molecule has 0 aromatic heterocycles. The van der Waals surface area contributed by atoms with Gasteiger partial charge in [-0.15, -0.1) is 0 Å². The van der Waals surface area contributed by atoms with Crippen molar-refractivity contribution in [2.24, 2.45) is 0 Å². The van der Waals surface area contributed by atoms with Crippen molar-refractivity contribution in [3.63, 3.8) is 0 Å². The van der Waals surface area contributed by atoms with Crippen LogP contribution in [-0.2, 0) is 4.74 Å². The fourth-order valence-electron chi connectivity index (χ4n) is 1.10. The van der Waals surface area contributed by atoms with Gasteiger partial charge >= 0.3 is 12.6 Å². The van der Waals surface area contributed by atoms with E-state index in [0.717, 1.165) is 19.2 Å². The van der Waals surface area contributed by atoms with Gasteiger partial charge in [0.1, 0.15) is 17.4 Å². The zero-order valence-corrected chi connectivity index (χ0v) is 10.1. The van der Waals surface area contributed by atoms with Gasteiger partial charge in [0.15, 0.2) is 0 Å². The van der Waals surface area contributed by atoms with Gasteiger partial charge < -0.3 is 9.47 Å². The quantitative estimate of drug-likeness (QED) is 0.806. The number of nitrogens with zero attached hydrogens (tertiary/aromatic N) is 1. The maximum absolute atomic E-state index is 12.1. The molecule has 0 bridgehead atoms. The van der Waals surface area contributed by atoms with Crippen molar-refractivity contribution in [3.05, 3.63) is 27.7 Å². The number of nitriles is 1. The molecular formula is C10H6BrF2NO3. The number of carbonyl (C=O) groups excluding carboxylic acids is 1.